The quantitative estimate of drug-likeness (QED) is 0.681. The average Bonchev–Trinajstić information content (AvgIpc) is 2.79. The number of ether oxygens (including phenoxy) is 1. The summed E-state index contributed by atoms with van der Waals surface area (Å²) in [7, 11) is 0. The molecule has 1 N–H and O–H groups in total. The molecule has 0 saturated heterocycles. The summed E-state index contributed by atoms with van der Waals surface area (Å²) in [4.78, 5) is 11.7. The van der Waals surface area contributed by atoms with Gasteiger partial charge in [0.1, 0.15) is 5.75 Å². The first-order valence-electron chi connectivity index (χ1n) is 6.73. The number of benzene rings is 1. The zero-order valence-corrected chi connectivity index (χ0v) is 12.7. The van der Waals surface area contributed by atoms with E-state index in [0.717, 1.165) is 18.6 Å². The first kappa shape index (κ1) is 14.4. The lowest BCUT2D eigenvalue weighted by molar-refractivity contribution is -0.123. The fourth-order valence-electron chi connectivity index (χ4n) is 2.57. The summed E-state index contributed by atoms with van der Waals surface area (Å²) in [5.41, 5.74) is 3.58. The van der Waals surface area contributed by atoms with Crippen LogP contribution in [-0.4, -0.2) is 18.2 Å². The van der Waals surface area contributed by atoms with Crippen LogP contribution in [0.5, 0.6) is 5.75 Å². The van der Waals surface area contributed by atoms with E-state index in [2.05, 4.69) is 22.7 Å². The number of nitrogens with zero attached hydrogens (tertiary/aromatic N) is 1. The summed E-state index contributed by atoms with van der Waals surface area (Å²) in [6, 6.07) is 4.85. The van der Waals surface area contributed by atoms with Crippen LogP contribution in [0.4, 0.5) is 0 Å². The van der Waals surface area contributed by atoms with Gasteiger partial charge in [0.25, 0.3) is 5.91 Å². The third kappa shape index (κ3) is 3.22. The Morgan fingerprint density at radius 3 is 3.05 bits per heavy atom. The fourth-order valence-corrected chi connectivity index (χ4v) is 3.03. The lowest BCUT2D eigenvalue weighted by Gasteiger charge is -2.31. The molecule has 2 aliphatic carbocycles. The Kier molecular flexibility index (Phi) is 4.17. The predicted molar refractivity (Wildman–Crippen MR) is 82.9 cm³/mol. The minimum absolute atomic E-state index is 0.134. The lowest BCUT2D eigenvalue weighted by atomic mass is 9.74. The average molecular weight is 325 g/mol. The third-order valence-corrected chi connectivity index (χ3v) is 4.27. The second kappa shape index (κ2) is 6.08. The molecular formula is C15H14Cl2N2O2. The zero-order chi connectivity index (χ0) is 14.8. The molecule has 2 unspecified atom stereocenters. The van der Waals surface area contributed by atoms with Crippen molar-refractivity contribution in [2.24, 2.45) is 16.9 Å². The SMILES string of the molecule is O=C(COc1ccc(Cl)cc1Cl)N/N=C1/CC2C=CCC12. The highest BCUT2D eigenvalue weighted by Crippen LogP contribution is 2.40. The van der Waals surface area contributed by atoms with E-state index in [1.165, 1.54) is 0 Å². The Morgan fingerprint density at radius 1 is 1.43 bits per heavy atom. The van der Waals surface area contributed by atoms with Crippen LogP contribution in [0.3, 0.4) is 0 Å². The van der Waals surface area contributed by atoms with Crippen molar-refractivity contribution in [3.05, 3.63) is 40.4 Å². The van der Waals surface area contributed by atoms with Crippen molar-refractivity contribution < 1.29 is 9.53 Å². The number of hydrogen-bond acceptors (Lipinski definition) is 3. The molecule has 0 aliphatic heterocycles. The second-order valence-corrected chi connectivity index (χ2v) is 5.98. The Bertz CT molecular complexity index is 628. The highest BCUT2D eigenvalue weighted by molar-refractivity contribution is 6.35. The van der Waals surface area contributed by atoms with Crippen LogP contribution >= 0.6 is 23.2 Å². The van der Waals surface area contributed by atoms with E-state index in [4.69, 9.17) is 27.9 Å². The molecule has 3 rings (SSSR count). The molecule has 1 aromatic rings. The maximum Gasteiger partial charge on any atom is 0.277 e. The van der Waals surface area contributed by atoms with Gasteiger partial charge in [0, 0.05) is 16.7 Å². The fraction of sp³-hybridized carbons (Fsp3) is 0.333. The molecule has 21 heavy (non-hydrogen) atoms. The van der Waals surface area contributed by atoms with Gasteiger partial charge in [-0.25, -0.2) is 5.43 Å². The van der Waals surface area contributed by atoms with E-state index < -0.39 is 0 Å². The standard InChI is InChI=1S/C15H14Cl2N2O2/c16-10-4-5-14(12(17)7-10)21-8-15(20)19-18-13-6-9-2-1-3-11(9)13/h1-2,4-5,7,9,11H,3,6,8H2,(H,19,20)/b18-13-. The van der Waals surface area contributed by atoms with E-state index in [9.17, 15) is 4.79 Å². The van der Waals surface area contributed by atoms with Gasteiger partial charge in [0.2, 0.25) is 0 Å². The number of nitrogens with one attached hydrogen (secondary N) is 1. The summed E-state index contributed by atoms with van der Waals surface area (Å²) >= 11 is 11.7. The van der Waals surface area contributed by atoms with Crippen LogP contribution in [0.15, 0.2) is 35.5 Å². The Hall–Kier alpha value is -1.52. The smallest absolute Gasteiger partial charge is 0.277 e. The molecule has 6 heteroatoms. The Morgan fingerprint density at radius 2 is 2.29 bits per heavy atom. The molecule has 2 aliphatic rings. The van der Waals surface area contributed by atoms with Crippen molar-refractivity contribution >= 4 is 34.8 Å². The molecule has 4 nitrogen and oxygen atoms in total. The molecule has 1 saturated carbocycles. The number of hydrogen-bond donors (Lipinski definition) is 1. The molecule has 1 aromatic carbocycles. The van der Waals surface area contributed by atoms with Crippen molar-refractivity contribution in [2.75, 3.05) is 6.61 Å². The van der Waals surface area contributed by atoms with Crippen molar-refractivity contribution in [2.45, 2.75) is 12.8 Å². The number of halogens is 2. The summed E-state index contributed by atoms with van der Waals surface area (Å²) in [5.74, 6) is 1.22. The summed E-state index contributed by atoms with van der Waals surface area (Å²) in [6.45, 7) is -0.134. The maximum atomic E-state index is 11.7. The summed E-state index contributed by atoms with van der Waals surface area (Å²) in [6.07, 6.45) is 6.35. The van der Waals surface area contributed by atoms with E-state index in [0.29, 0.717) is 27.6 Å². The van der Waals surface area contributed by atoms with Crippen molar-refractivity contribution in [3.8, 4) is 5.75 Å². The third-order valence-electron chi connectivity index (χ3n) is 3.74. The van der Waals surface area contributed by atoms with Gasteiger partial charge < -0.3 is 4.74 Å². The Labute approximate surface area is 132 Å². The van der Waals surface area contributed by atoms with Gasteiger partial charge in [-0.15, -0.1) is 0 Å². The predicted octanol–water partition coefficient (Wildman–Crippen LogP) is 3.44. The Balaban J connectivity index is 1.47. The molecule has 110 valence electrons. The number of carbonyl (C=O) groups excluding carboxylic acids is 1. The first-order valence-corrected chi connectivity index (χ1v) is 7.49. The zero-order valence-electron chi connectivity index (χ0n) is 11.2. The normalized spacial score (nSPS) is 24.6. The van der Waals surface area contributed by atoms with Gasteiger partial charge in [-0.05, 0) is 37.0 Å². The largest absolute Gasteiger partial charge is 0.482 e. The van der Waals surface area contributed by atoms with Crippen LogP contribution < -0.4 is 10.2 Å². The molecular weight excluding hydrogens is 311 g/mol. The molecule has 0 spiro atoms. The van der Waals surface area contributed by atoms with Crippen LogP contribution in [0.25, 0.3) is 0 Å². The van der Waals surface area contributed by atoms with Crippen molar-refractivity contribution in [1.29, 1.82) is 0 Å². The molecule has 1 fully saturated rings. The van der Waals surface area contributed by atoms with Crippen molar-refractivity contribution in [3.63, 3.8) is 0 Å². The highest BCUT2D eigenvalue weighted by Gasteiger charge is 2.37. The van der Waals surface area contributed by atoms with E-state index in [1.807, 2.05) is 0 Å². The highest BCUT2D eigenvalue weighted by atomic mass is 35.5. The molecule has 2 atom stereocenters. The molecule has 1 amide bonds. The number of fused-ring (bicyclic) bond motifs is 1. The van der Waals surface area contributed by atoms with Gasteiger partial charge in [0.05, 0.1) is 5.02 Å². The van der Waals surface area contributed by atoms with Gasteiger partial charge in [-0.3, -0.25) is 4.79 Å². The van der Waals surface area contributed by atoms with Crippen molar-refractivity contribution in [1.82, 2.24) is 5.43 Å². The van der Waals surface area contributed by atoms with Gasteiger partial charge in [0.15, 0.2) is 6.61 Å². The minimum atomic E-state index is -0.303. The minimum Gasteiger partial charge on any atom is -0.482 e. The number of carbonyl (C=O) groups is 1. The molecule has 0 aromatic heterocycles. The van der Waals surface area contributed by atoms with Gasteiger partial charge in [-0.1, -0.05) is 35.4 Å². The van der Waals surface area contributed by atoms with Crippen LogP contribution in [-0.2, 0) is 4.79 Å². The van der Waals surface area contributed by atoms with E-state index in [-0.39, 0.29) is 12.5 Å². The first-order chi connectivity index (χ1) is 10.1. The summed E-state index contributed by atoms with van der Waals surface area (Å²) < 4.78 is 5.34. The van der Waals surface area contributed by atoms with Gasteiger partial charge >= 0.3 is 0 Å². The number of amides is 1. The second-order valence-electron chi connectivity index (χ2n) is 5.14. The maximum absolute atomic E-state index is 11.7. The molecule has 0 bridgehead atoms. The molecule has 0 heterocycles. The number of allylic oxidation sites excluding steroid dienone is 2. The lowest BCUT2D eigenvalue weighted by Crippen LogP contribution is -2.36. The van der Waals surface area contributed by atoms with E-state index >= 15 is 0 Å². The molecule has 0 radical (unpaired) electrons. The number of hydrazone groups is 1. The topological polar surface area (TPSA) is 50.7 Å². The monoisotopic (exact) mass is 324 g/mol. The summed E-state index contributed by atoms with van der Waals surface area (Å²) in [5, 5.41) is 5.06. The van der Waals surface area contributed by atoms with Gasteiger partial charge in [-0.2, -0.15) is 5.10 Å². The van der Waals surface area contributed by atoms with E-state index in [1.54, 1.807) is 18.2 Å². The van der Waals surface area contributed by atoms with Crippen LogP contribution in [0.2, 0.25) is 10.0 Å². The van der Waals surface area contributed by atoms with Crippen LogP contribution in [0, 0.1) is 11.8 Å². The number of rotatable bonds is 4. The van der Waals surface area contributed by atoms with Crippen LogP contribution in [0.1, 0.15) is 12.8 Å².